The van der Waals surface area contributed by atoms with Crippen LogP contribution in [-0.2, 0) is 14.3 Å². The number of carbonyl (C=O) groups is 2. The van der Waals surface area contributed by atoms with Crippen LogP contribution in [0.2, 0.25) is 0 Å². The Kier molecular flexibility index (Phi) is 5.66. The van der Waals surface area contributed by atoms with Gasteiger partial charge in [-0.25, -0.2) is 4.79 Å². The summed E-state index contributed by atoms with van der Waals surface area (Å²) in [6.07, 6.45) is -0.744. The van der Waals surface area contributed by atoms with Crippen molar-refractivity contribution in [2.75, 3.05) is 19.7 Å². The van der Waals surface area contributed by atoms with Gasteiger partial charge in [-0.2, -0.15) is 0 Å². The monoisotopic (exact) mass is 338 g/mol. The Bertz CT molecular complexity index is 613. The van der Waals surface area contributed by atoms with Crippen molar-refractivity contribution in [2.45, 2.75) is 52.9 Å². The van der Waals surface area contributed by atoms with E-state index in [1.807, 2.05) is 13.8 Å². The van der Waals surface area contributed by atoms with Gasteiger partial charge in [0.1, 0.15) is 5.69 Å². The highest BCUT2D eigenvalue weighted by Crippen LogP contribution is 2.24. The molecular weight excluding hydrogens is 312 g/mol. The lowest BCUT2D eigenvalue weighted by molar-refractivity contribution is -0.146. The zero-order valence-corrected chi connectivity index (χ0v) is 14.9. The van der Waals surface area contributed by atoms with E-state index in [4.69, 9.17) is 9.47 Å². The zero-order chi connectivity index (χ0) is 18.0. The molecule has 0 aliphatic carbocycles. The summed E-state index contributed by atoms with van der Waals surface area (Å²) in [6.45, 7) is 9.67. The number of nitrogens with one attached hydrogen (secondary N) is 1. The van der Waals surface area contributed by atoms with Crippen LogP contribution in [0.3, 0.4) is 0 Å². The van der Waals surface area contributed by atoms with E-state index in [-0.39, 0.29) is 30.4 Å². The predicted octanol–water partition coefficient (Wildman–Crippen LogP) is 1.48. The van der Waals surface area contributed by atoms with E-state index in [1.165, 1.54) is 0 Å². The highest BCUT2D eigenvalue weighted by molar-refractivity contribution is 5.91. The Morgan fingerprint density at radius 1 is 1.33 bits per heavy atom. The van der Waals surface area contributed by atoms with Crippen LogP contribution in [0.5, 0.6) is 0 Å². The minimum Gasteiger partial charge on any atom is -0.451 e. The molecule has 1 aliphatic rings. The van der Waals surface area contributed by atoms with Crippen LogP contribution < -0.4 is 0 Å². The summed E-state index contributed by atoms with van der Waals surface area (Å²) in [7, 11) is 0. The number of amides is 1. The van der Waals surface area contributed by atoms with Crippen molar-refractivity contribution in [3.05, 3.63) is 22.5 Å². The molecule has 1 fully saturated rings. The molecule has 1 saturated heterocycles. The number of aryl methyl sites for hydroxylation is 1. The maximum Gasteiger partial charge on any atom is 0.355 e. The molecule has 1 aliphatic heterocycles. The molecule has 3 atom stereocenters. The van der Waals surface area contributed by atoms with E-state index >= 15 is 0 Å². The molecule has 1 amide bonds. The average molecular weight is 338 g/mol. The first-order valence-corrected chi connectivity index (χ1v) is 8.18. The van der Waals surface area contributed by atoms with Gasteiger partial charge in [0.15, 0.2) is 6.61 Å². The summed E-state index contributed by atoms with van der Waals surface area (Å²) < 4.78 is 10.7. The first-order valence-electron chi connectivity index (χ1n) is 8.18. The highest BCUT2D eigenvalue weighted by Gasteiger charge is 2.27. The summed E-state index contributed by atoms with van der Waals surface area (Å²) in [5.74, 6) is -0.827. The Balaban J connectivity index is 1.98. The minimum atomic E-state index is -0.680. The maximum atomic E-state index is 12.2. The van der Waals surface area contributed by atoms with E-state index in [1.54, 1.807) is 25.7 Å². The van der Waals surface area contributed by atoms with Gasteiger partial charge in [-0.1, -0.05) is 0 Å². The van der Waals surface area contributed by atoms with Gasteiger partial charge in [-0.3, -0.25) is 4.79 Å². The molecule has 0 radical (unpaired) electrons. The number of hydrogen-bond acceptors (Lipinski definition) is 5. The summed E-state index contributed by atoms with van der Waals surface area (Å²) in [5.41, 5.74) is 2.33. The van der Waals surface area contributed by atoms with E-state index in [9.17, 15) is 14.7 Å². The van der Waals surface area contributed by atoms with Gasteiger partial charge in [0.2, 0.25) is 0 Å². The van der Waals surface area contributed by atoms with Gasteiger partial charge in [-0.15, -0.1) is 0 Å². The Labute approximate surface area is 141 Å². The molecule has 2 N–H and O–H groups in total. The first kappa shape index (κ1) is 18.5. The number of esters is 1. The average Bonchev–Trinajstić information content (AvgIpc) is 2.78. The van der Waals surface area contributed by atoms with Crippen LogP contribution in [0.15, 0.2) is 0 Å². The van der Waals surface area contributed by atoms with Crippen molar-refractivity contribution in [3.63, 3.8) is 0 Å². The fourth-order valence-corrected chi connectivity index (χ4v) is 3.27. The predicted molar refractivity (Wildman–Crippen MR) is 87.8 cm³/mol. The van der Waals surface area contributed by atoms with E-state index in [2.05, 4.69) is 4.98 Å². The quantitative estimate of drug-likeness (QED) is 0.811. The molecule has 2 rings (SSSR count). The topological polar surface area (TPSA) is 91.9 Å². The first-order chi connectivity index (χ1) is 11.2. The number of ether oxygens (including phenoxy) is 2. The normalized spacial score (nSPS) is 22.3. The summed E-state index contributed by atoms with van der Waals surface area (Å²) in [5, 5.41) is 9.77. The molecule has 24 heavy (non-hydrogen) atoms. The smallest absolute Gasteiger partial charge is 0.355 e. The molecule has 0 bridgehead atoms. The van der Waals surface area contributed by atoms with Gasteiger partial charge < -0.3 is 24.5 Å². The third kappa shape index (κ3) is 3.96. The zero-order valence-electron chi connectivity index (χ0n) is 14.9. The molecule has 7 nitrogen and oxygen atoms in total. The second-order valence-electron chi connectivity index (χ2n) is 6.47. The van der Waals surface area contributed by atoms with Gasteiger partial charge in [-0.05, 0) is 40.2 Å². The molecule has 0 saturated carbocycles. The third-order valence-electron chi connectivity index (χ3n) is 4.22. The highest BCUT2D eigenvalue weighted by atomic mass is 16.5. The summed E-state index contributed by atoms with van der Waals surface area (Å²) in [4.78, 5) is 29.1. The Morgan fingerprint density at radius 3 is 2.42 bits per heavy atom. The second-order valence-corrected chi connectivity index (χ2v) is 6.47. The lowest BCUT2D eigenvalue weighted by Crippen LogP contribution is -2.49. The lowest BCUT2D eigenvalue weighted by atomic mass is 10.1. The fourth-order valence-electron chi connectivity index (χ4n) is 3.27. The van der Waals surface area contributed by atoms with E-state index in [0.29, 0.717) is 24.2 Å². The number of rotatable bonds is 4. The fraction of sp³-hybridized carbons (Fsp3) is 0.647. The van der Waals surface area contributed by atoms with Gasteiger partial charge in [0.05, 0.1) is 18.3 Å². The minimum absolute atomic E-state index is 0.0321. The SMILES string of the molecule is Cc1[nH]c(C(=O)OCC(=O)N2C[C@H](C)O[C@@H](C)C2)c(C)c1[C@@H](C)O. The van der Waals surface area contributed by atoms with Gasteiger partial charge in [0.25, 0.3) is 5.91 Å². The molecule has 1 aromatic rings. The number of morpholine rings is 1. The maximum absolute atomic E-state index is 12.2. The summed E-state index contributed by atoms with van der Waals surface area (Å²) >= 11 is 0. The van der Waals surface area contributed by atoms with E-state index < -0.39 is 12.1 Å². The van der Waals surface area contributed by atoms with Crippen molar-refractivity contribution in [2.24, 2.45) is 0 Å². The van der Waals surface area contributed by atoms with Crippen LogP contribution in [0, 0.1) is 13.8 Å². The lowest BCUT2D eigenvalue weighted by Gasteiger charge is -2.35. The van der Waals surface area contributed by atoms with Gasteiger partial charge >= 0.3 is 5.97 Å². The number of H-pyrrole nitrogens is 1. The summed E-state index contributed by atoms with van der Waals surface area (Å²) in [6, 6.07) is 0. The number of aliphatic hydroxyl groups excluding tert-OH is 1. The van der Waals surface area contributed by atoms with Crippen LogP contribution in [0.1, 0.15) is 54.2 Å². The molecular formula is C17H26N2O5. The van der Waals surface area contributed by atoms with Crippen LogP contribution in [0.4, 0.5) is 0 Å². The van der Waals surface area contributed by atoms with Crippen LogP contribution in [0.25, 0.3) is 0 Å². The van der Waals surface area contributed by atoms with Crippen molar-refractivity contribution in [1.82, 2.24) is 9.88 Å². The molecule has 1 aromatic heterocycles. The van der Waals surface area contributed by atoms with Crippen LogP contribution in [-0.4, -0.2) is 58.8 Å². The molecule has 0 unspecified atom stereocenters. The number of aromatic amines is 1. The Morgan fingerprint density at radius 2 is 1.92 bits per heavy atom. The number of aromatic nitrogens is 1. The molecule has 0 spiro atoms. The molecule has 2 heterocycles. The number of nitrogens with zero attached hydrogens (tertiary/aromatic N) is 1. The van der Waals surface area contributed by atoms with Gasteiger partial charge in [0, 0.05) is 24.3 Å². The number of hydrogen-bond donors (Lipinski definition) is 2. The number of aliphatic hydroxyl groups is 1. The van der Waals surface area contributed by atoms with Crippen molar-refractivity contribution in [3.8, 4) is 0 Å². The van der Waals surface area contributed by atoms with Crippen molar-refractivity contribution >= 4 is 11.9 Å². The van der Waals surface area contributed by atoms with E-state index in [0.717, 1.165) is 5.69 Å². The molecule has 0 aromatic carbocycles. The van der Waals surface area contributed by atoms with Crippen molar-refractivity contribution in [1.29, 1.82) is 0 Å². The third-order valence-corrected chi connectivity index (χ3v) is 4.22. The second kappa shape index (κ2) is 7.36. The Hall–Kier alpha value is -1.86. The molecule has 7 heteroatoms. The standard InChI is InChI=1S/C17H26N2O5/c1-9-6-19(7-10(2)24-9)14(21)8-23-17(22)16-11(3)15(13(5)20)12(4)18-16/h9-10,13,18,20H,6-8H2,1-5H3/t9-,10-,13+/m0/s1. The van der Waals surface area contributed by atoms with Crippen LogP contribution >= 0.6 is 0 Å². The van der Waals surface area contributed by atoms with Crippen molar-refractivity contribution < 1.29 is 24.2 Å². The molecule has 134 valence electrons. The number of carbonyl (C=O) groups excluding carboxylic acids is 2. The largest absolute Gasteiger partial charge is 0.451 e.